The van der Waals surface area contributed by atoms with E-state index in [0.717, 1.165) is 0 Å². The molecule has 1 amide bonds. The molecule has 0 aromatic rings. The minimum atomic E-state index is -1.08. The van der Waals surface area contributed by atoms with Gasteiger partial charge < -0.3 is 15.2 Å². The highest BCUT2D eigenvalue weighted by Gasteiger charge is 2.22. The molecule has 0 rings (SSSR count). The number of allylic oxidation sites excluding steroid dienone is 1. The molecule has 0 unspecified atom stereocenters. The van der Waals surface area contributed by atoms with Gasteiger partial charge in [-0.25, -0.2) is 9.59 Å². The number of carbonyl (C=O) groups is 2. The highest BCUT2D eigenvalue weighted by molar-refractivity contribution is 5.79. The average molecular weight is 229 g/mol. The van der Waals surface area contributed by atoms with Gasteiger partial charge in [-0.3, -0.25) is 0 Å². The second-order valence-corrected chi connectivity index (χ2v) is 4.40. The van der Waals surface area contributed by atoms with Crippen molar-refractivity contribution >= 4 is 12.1 Å². The Morgan fingerprint density at radius 3 is 2.44 bits per heavy atom. The Morgan fingerprint density at radius 1 is 1.50 bits per heavy atom. The second kappa shape index (κ2) is 6.15. The molecule has 0 aliphatic heterocycles. The van der Waals surface area contributed by atoms with Crippen molar-refractivity contribution < 1.29 is 19.4 Å². The number of rotatable bonds is 5. The third-order valence-electron chi connectivity index (χ3n) is 1.65. The molecule has 5 heteroatoms. The predicted octanol–water partition coefficient (Wildman–Crippen LogP) is 1.93. The van der Waals surface area contributed by atoms with Gasteiger partial charge in [0.1, 0.15) is 11.6 Å². The Kier molecular flexibility index (Phi) is 5.56. The first-order chi connectivity index (χ1) is 7.26. The van der Waals surface area contributed by atoms with E-state index in [9.17, 15) is 9.59 Å². The lowest BCUT2D eigenvalue weighted by Gasteiger charge is -2.21. The third kappa shape index (κ3) is 6.86. The van der Waals surface area contributed by atoms with Gasteiger partial charge in [0.25, 0.3) is 0 Å². The monoisotopic (exact) mass is 229 g/mol. The molecule has 0 aromatic carbocycles. The fourth-order valence-corrected chi connectivity index (χ4v) is 0.992. The van der Waals surface area contributed by atoms with Crippen LogP contribution < -0.4 is 5.32 Å². The Hall–Kier alpha value is -1.52. The molecule has 0 aromatic heterocycles. The number of carboxylic acids is 1. The highest BCUT2D eigenvalue weighted by Crippen LogP contribution is 2.07. The predicted molar refractivity (Wildman–Crippen MR) is 60.2 cm³/mol. The number of carboxylic acid groups (broad SMARTS) is 1. The van der Waals surface area contributed by atoms with Crippen molar-refractivity contribution in [2.75, 3.05) is 0 Å². The zero-order valence-electron chi connectivity index (χ0n) is 9.95. The van der Waals surface area contributed by atoms with Gasteiger partial charge in [0.05, 0.1) is 0 Å². The Bertz CT molecular complexity index is 268. The molecule has 0 aliphatic rings. The smallest absolute Gasteiger partial charge is 0.408 e. The van der Waals surface area contributed by atoms with Gasteiger partial charge >= 0.3 is 12.1 Å². The van der Waals surface area contributed by atoms with Crippen molar-refractivity contribution in [3.63, 3.8) is 0 Å². The summed E-state index contributed by atoms with van der Waals surface area (Å²) in [5.74, 6) is -1.08. The molecule has 0 fully saturated rings. The van der Waals surface area contributed by atoms with Crippen LogP contribution in [0.3, 0.4) is 0 Å². The number of nitrogens with one attached hydrogen (secondary N) is 1. The molecule has 92 valence electrons. The van der Waals surface area contributed by atoms with E-state index in [1.54, 1.807) is 26.8 Å². The van der Waals surface area contributed by atoms with Gasteiger partial charge in [-0.05, 0) is 33.6 Å². The van der Waals surface area contributed by atoms with Crippen molar-refractivity contribution in [1.82, 2.24) is 5.32 Å². The fraction of sp³-hybridized carbons (Fsp3) is 0.636. The summed E-state index contributed by atoms with van der Waals surface area (Å²) in [5.41, 5.74) is -0.633. The van der Waals surface area contributed by atoms with Gasteiger partial charge in [0, 0.05) is 0 Å². The molecule has 0 saturated carbocycles. The van der Waals surface area contributed by atoms with Crippen LogP contribution in [0.2, 0.25) is 0 Å². The minimum absolute atomic E-state index is 0.304. The van der Waals surface area contributed by atoms with Gasteiger partial charge in [0.2, 0.25) is 0 Å². The summed E-state index contributed by atoms with van der Waals surface area (Å²) in [5, 5.41) is 11.1. The summed E-state index contributed by atoms with van der Waals surface area (Å²) >= 11 is 0. The maximum absolute atomic E-state index is 11.3. The van der Waals surface area contributed by atoms with Crippen LogP contribution in [0.1, 0.15) is 33.6 Å². The van der Waals surface area contributed by atoms with E-state index in [1.165, 1.54) is 0 Å². The van der Waals surface area contributed by atoms with Gasteiger partial charge in [-0.2, -0.15) is 0 Å². The van der Waals surface area contributed by atoms with Crippen LogP contribution >= 0.6 is 0 Å². The summed E-state index contributed by atoms with van der Waals surface area (Å²) in [4.78, 5) is 22.1. The molecule has 0 spiro atoms. The third-order valence-corrected chi connectivity index (χ3v) is 1.65. The molecule has 0 heterocycles. The topological polar surface area (TPSA) is 75.6 Å². The van der Waals surface area contributed by atoms with Crippen molar-refractivity contribution in [3.05, 3.63) is 12.7 Å². The molecular formula is C11H19NO4. The minimum Gasteiger partial charge on any atom is -0.480 e. The molecule has 16 heavy (non-hydrogen) atoms. The van der Waals surface area contributed by atoms with E-state index in [-0.39, 0.29) is 0 Å². The van der Waals surface area contributed by atoms with Crippen molar-refractivity contribution in [2.45, 2.75) is 45.3 Å². The first-order valence-electron chi connectivity index (χ1n) is 5.09. The van der Waals surface area contributed by atoms with Gasteiger partial charge in [-0.15, -0.1) is 6.58 Å². The fourth-order valence-electron chi connectivity index (χ4n) is 0.992. The maximum atomic E-state index is 11.3. The van der Waals surface area contributed by atoms with Crippen LogP contribution in [0.15, 0.2) is 12.7 Å². The molecule has 0 bridgehead atoms. The lowest BCUT2D eigenvalue weighted by atomic mass is 10.1. The number of aliphatic carboxylic acids is 1. The Labute approximate surface area is 95.5 Å². The van der Waals surface area contributed by atoms with Crippen LogP contribution in [-0.4, -0.2) is 28.8 Å². The van der Waals surface area contributed by atoms with Crippen LogP contribution in [0.4, 0.5) is 4.79 Å². The van der Waals surface area contributed by atoms with E-state index >= 15 is 0 Å². The number of carbonyl (C=O) groups excluding carboxylic acids is 1. The van der Waals surface area contributed by atoms with E-state index in [2.05, 4.69) is 11.9 Å². The molecule has 2 N–H and O–H groups in total. The van der Waals surface area contributed by atoms with E-state index in [1.807, 2.05) is 0 Å². The average Bonchev–Trinajstić information content (AvgIpc) is 2.08. The highest BCUT2D eigenvalue weighted by atomic mass is 16.6. The number of alkyl carbamates (subject to hydrolysis) is 1. The molecular weight excluding hydrogens is 210 g/mol. The van der Waals surface area contributed by atoms with Crippen molar-refractivity contribution in [1.29, 1.82) is 0 Å². The molecule has 0 aliphatic carbocycles. The lowest BCUT2D eigenvalue weighted by molar-refractivity contribution is -0.139. The summed E-state index contributed by atoms with van der Waals surface area (Å²) < 4.78 is 4.96. The van der Waals surface area contributed by atoms with Crippen LogP contribution in [0.25, 0.3) is 0 Å². The molecule has 0 radical (unpaired) electrons. The van der Waals surface area contributed by atoms with E-state index in [4.69, 9.17) is 9.84 Å². The standard InChI is InChI=1S/C11H19NO4/c1-5-6-7-8(9(13)14)12-10(15)16-11(2,3)4/h5,8H,1,6-7H2,2-4H3,(H,12,15)(H,13,14)/t8-/m1/s1. The number of hydrogen-bond acceptors (Lipinski definition) is 3. The summed E-state index contributed by atoms with van der Waals surface area (Å²) in [6.45, 7) is 8.64. The normalized spacial score (nSPS) is 12.7. The van der Waals surface area contributed by atoms with Crippen molar-refractivity contribution in [3.8, 4) is 0 Å². The molecule has 1 atom stereocenters. The Morgan fingerprint density at radius 2 is 2.06 bits per heavy atom. The van der Waals surface area contributed by atoms with Gasteiger partial charge in [0.15, 0.2) is 0 Å². The molecule has 5 nitrogen and oxygen atoms in total. The van der Waals surface area contributed by atoms with Crippen molar-refractivity contribution in [2.24, 2.45) is 0 Å². The second-order valence-electron chi connectivity index (χ2n) is 4.40. The van der Waals surface area contributed by atoms with Crippen LogP contribution in [0, 0.1) is 0 Å². The summed E-state index contributed by atoms with van der Waals surface area (Å²) in [6.07, 6.45) is 1.71. The summed E-state index contributed by atoms with van der Waals surface area (Å²) in [6, 6.07) is -0.937. The summed E-state index contributed by atoms with van der Waals surface area (Å²) in [7, 11) is 0. The van der Waals surface area contributed by atoms with E-state index in [0.29, 0.717) is 12.8 Å². The number of amides is 1. The van der Waals surface area contributed by atoms with Crippen LogP contribution in [-0.2, 0) is 9.53 Å². The first-order valence-corrected chi connectivity index (χ1v) is 5.09. The largest absolute Gasteiger partial charge is 0.480 e. The number of hydrogen-bond donors (Lipinski definition) is 2. The lowest BCUT2D eigenvalue weighted by Crippen LogP contribution is -2.43. The number of ether oxygens (including phenoxy) is 1. The maximum Gasteiger partial charge on any atom is 0.408 e. The zero-order chi connectivity index (χ0) is 12.8. The Balaban J connectivity index is 4.23. The van der Waals surface area contributed by atoms with Crippen LogP contribution in [0.5, 0.6) is 0 Å². The van der Waals surface area contributed by atoms with E-state index < -0.39 is 23.7 Å². The molecule has 0 saturated heterocycles. The zero-order valence-corrected chi connectivity index (χ0v) is 9.95. The van der Waals surface area contributed by atoms with Gasteiger partial charge in [-0.1, -0.05) is 6.08 Å². The first kappa shape index (κ1) is 14.5. The quantitative estimate of drug-likeness (QED) is 0.706. The SMILES string of the molecule is C=CCC[C@@H](NC(=O)OC(C)(C)C)C(=O)O.